The molecular formula is C16H23N3S. The molecular weight excluding hydrogens is 266 g/mol. The number of benzene rings is 1. The SMILES string of the molecule is CCCNC(c1cc(C)ccc1C)c1snnc1CC. The van der Waals surface area contributed by atoms with Gasteiger partial charge in [0.2, 0.25) is 0 Å². The molecule has 2 aromatic rings. The first-order valence-corrected chi connectivity index (χ1v) is 8.06. The number of aromatic nitrogens is 2. The third-order valence-corrected chi connectivity index (χ3v) is 4.36. The van der Waals surface area contributed by atoms with Crippen LogP contribution in [0.3, 0.4) is 0 Å². The van der Waals surface area contributed by atoms with Gasteiger partial charge in [-0.25, -0.2) is 0 Å². The summed E-state index contributed by atoms with van der Waals surface area (Å²) in [4.78, 5) is 1.26. The lowest BCUT2D eigenvalue weighted by Crippen LogP contribution is -2.24. The van der Waals surface area contributed by atoms with Gasteiger partial charge in [-0.2, -0.15) is 0 Å². The molecule has 1 N–H and O–H groups in total. The monoisotopic (exact) mass is 289 g/mol. The molecule has 0 radical (unpaired) electrons. The van der Waals surface area contributed by atoms with Crippen LogP contribution in [0.15, 0.2) is 18.2 Å². The van der Waals surface area contributed by atoms with Crippen molar-refractivity contribution in [3.8, 4) is 0 Å². The summed E-state index contributed by atoms with van der Waals surface area (Å²) in [6, 6.07) is 6.86. The molecule has 0 aliphatic heterocycles. The number of nitrogens with one attached hydrogen (secondary N) is 1. The van der Waals surface area contributed by atoms with Gasteiger partial charge in [0.1, 0.15) is 0 Å². The van der Waals surface area contributed by atoms with E-state index in [1.165, 1.54) is 33.1 Å². The van der Waals surface area contributed by atoms with Crippen LogP contribution < -0.4 is 5.32 Å². The van der Waals surface area contributed by atoms with Crippen molar-refractivity contribution in [2.24, 2.45) is 0 Å². The molecule has 1 aromatic heterocycles. The smallest absolute Gasteiger partial charge is 0.0804 e. The highest BCUT2D eigenvalue weighted by Crippen LogP contribution is 2.30. The fourth-order valence-corrected chi connectivity index (χ4v) is 3.22. The summed E-state index contributed by atoms with van der Waals surface area (Å²) in [6.45, 7) is 9.65. The Kier molecular flexibility index (Phi) is 5.26. The minimum absolute atomic E-state index is 0.213. The zero-order valence-electron chi connectivity index (χ0n) is 12.7. The molecule has 3 nitrogen and oxygen atoms in total. The number of rotatable bonds is 6. The van der Waals surface area contributed by atoms with Gasteiger partial charge in [0.15, 0.2) is 0 Å². The molecule has 0 saturated carbocycles. The van der Waals surface area contributed by atoms with Crippen LogP contribution in [-0.2, 0) is 6.42 Å². The number of aryl methyl sites for hydroxylation is 3. The normalized spacial score (nSPS) is 12.6. The molecule has 0 fully saturated rings. The lowest BCUT2D eigenvalue weighted by atomic mass is 9.96. The molecule has 0 aliphatic rings. The van der Waals surface area contributed by atoms with Gasteiger partial charge in [0.25, 0.3) is 0 Å². The van der Waals surface area contributed by atoms with E-state index in [9.17, 15) is 0 Å². The first kappa shape index (κ1) is 15.1. The van der Waals surface area contributed by atoms with Crippen molar-refractivity contribution in [1.29, 1.82) is 0 Å². The molecule has 0 amide bonds. The van der Waals surface area contributed by atoms with Crippen molar-refractivity contribution in [2.45, 2.75) is 46.6 Å². The van der Waals surface area contributed by atoms with Crippen LogP contribution in [0.4, 0.5) is 0 Å². The first-order valence-electron chi connectivity index (χ1n) is 7.29. The molecule has 1 atom stereocenters. The second-order valence-corrected chi connectivity index (χ2v) is 5.97. The van der Waals surface area contributed by atoms with Gasteiger partial charge in [-0.15, -0.1) is 5.10 Å². The Balaban J connectivity index is 2.44. The van der Waals surface area contributed by atoms with Crippen molar-refractivity contribution in [2.75, 3.05) is 6.54 Å². The van der Waals surface area contributed by atoms with Crippen LogP contribution in [0.1, 0.15) is 53.6 Å². The van der Waals surface area contributed by atoms with E-state index < -0.39 is 0 Å². The Morgan fingerprint density at radius 2 is 2.05 bits per heavy atom. The first-order chi connectivity index (χ1) is 9.67. The highest BCUT2D eigenvalue weighted by atomic mass is 32.1. The Hall–Kier alpha value is -1.26. The number of hydrogen-bond donors (Lipinski definition) is 1. The molecule has 1 unspecified atom stereocenters. The molecule has 20 heavy (non-hydrogen) atoms. The van der Waals surface area contributed by atoms with E-state index in [1.54, 1.807) is 0 Å². The summed E-state index contributed by atoms with van der Waals surface area (Å²) in [5.74, 6) is 0. The molecule has 0 saturated heterocycles. The third-order valence-electron chi connectivity index (χ3n) is 3.53. The van der Waals surface area contributed by atoms with Crippen molar-refractivity contribution in [3.05, 3.63) is 45.5 Å². The van der Waals surface area contributed by atoms with E-state index in [-0.39, 0.29) is 6.04 Å². The van der Waals surface area contributed by atoms with Gasteiger partial charge in [0, 0.05) is 0 Å². The minimum Gasteiger partial charge on any atom is -0.305 e. The molecule has 108 valence electrons. The summed E-state index contributed by atoms with van der Waals surface area (Å²) < 4.78 is 4.15. The molecule has 1 aromatic carbocycles. The van der Waals surface area contributed by atoms with E-state index in [1.807, 2.05) is 0 Å². The fourth-order valence-electron chi connectivity index (χ4n) is 2.38. The maximum Gasteiger partial charge on any atom is 0.0804 e. The third kappa shape index (κ3) is 3.25. The van der Waals surface area contributed by atoms with Crippen LogP contribution in [0.25, 0.3) is 0 Å². The molecule has 0 aliphatic carbocycles. The predicted octanol–water partition coefficient (Wildman–Crippen LogP) is 3.81. The maximum atomic E-state index is 4.27. The van der Waals surface area contributed by atoms with Gasteiger partial charge in [-0.1, -0.05) is 42.1 Å². The van der Waals surface area contributed by atoms with Crippen LogP contribution >= 0.6 is 11.5 Å². The summed E-state index contributed by atoms with van der Waals surface area (Å²) in [6.07, 6.45) is 2.05. The zero-order chi connectivity index (χ0) is 14.5. The standard InChI is InChI=1S/C16H23N3S/c1-5-9-17-15(16-14(6-2)18-19-20-16)13-10-11(3)7-8-12(13)4/h7-8,10,15,17H,5-6,9H2,1-4H3. The van der Waals surface area contributed by atoms with Crippen LogP contribution in [0.2, 0.25) is 0 Å². The average molecular weight is 289 g/mol. The quantitative estimate of drug-likeness (QED) is 0.879. The summed E-state index contributed by atoms with van der Waals surface area (Å²) in [5, 5.41) is 7.93. The highest BCUT2D eigenvalue weighted by molar-refractivity contribution is 7.05. The molecule has 4 heteroatoms. The number of hydrogen-bond acceptors (Lipinski definition) is 4. The van der Waals surface area contributed by atoms with E-state index in [0.717, 1.165) is 25.1 Å². The lowest BCUT2D eigenvalue weighted by molar-refractivity contribution is 0.598. The van der Waals surface area contributed by atoms with Crippen molar-refractivity contribution in [3.63, 3.8) is 0 Å². The summed E-state index contributed by atoms with van der Waals surface area (Å²) in [5.41, 5.74) is 5.08. The number of nitrogens with zero attached hydrogens (tertiary/aromatic N) is 2. The molecule has 1 heterocycles. The van der Waals surface area contributed by atoms with Crippen LogP contribution in [0.5, 0.6) is 0 Å². The van der Waals surface area contributed by atoms with Crippen LogP contribution in [-0.4, -0.2) is 16.1 Å². The lowest BCUT2D eigenvalue weighted by Gasteiger charge is -2.20. The van der Waals surface area contributed by atoms with E-state index >= 15 is 0 Å². The summed E-state index contributed by atoms with van der Waals surface area (Å²) >= 11 is 1.52. The van der Waals surface area contributed by atoms with Gasteiger partial charge in [-0.3, -0.25) is 0 Å². The largest absolute Gasteiger partial charge is 0.305 e. The van der Waals surface area contributed by atoms with E-state index in [0.29, 0.717) is 0 Å². The Morgan fingerprint density at radius 3 is 2.75 bits per heavy atom. The Morgan fingerprint density at radius 1 is 1.25 bits per heavy atom. The molecule has 0 spiro atoms. The predicted molar refractivity (Wildman–Crippen MR) is 85.3 cm³/mol. The minimum atomic E-state index is 0.213. The van der Waals surface area contributed by atoms with Crippen LogP contribution in [0, 0.1) is 13.8 Å². The van der Waals surface area contributed by atoms with Gasteiger partial charge in [0.05, 0.1) is 16.6 Å². The van der Waals surface area contributed by atoms with Crippen molar-refractivity contribution < 1.29 is 0 Å². The Bertz CT molecular complexity index is 563. The van der Waals surface area contributed by atoms with Gasteiger partial charge < -0.3 is 5.32 Å². The fraction of sp³-hybridized carbons (Fsp3) is 0.500. The second-order valence-electron chi connectivity index (χ2n) is 5.18. The van der Waals surface area contributed by atoms with Gasteiger partial charge in [-0.05, 0) is 55.9 Å². The van der Waals surface area contributed by atoms with Gasteiger partial charge >= 0.3 is 0 Å². The molecule has 2 rings (SSSR count). The second kappa shape index (κ2) is 6.95. The molecule has 0 bridgehead atoms. The zero-order valence-corrected chi connectivity index (χ0v) is 13.5. The Labute approximate surface area is 125 Å². The maximum absolute atomic E-state index is 4.27. The van der Waals surface area contributed by atoms with E-state index in [4.69, 9.17) is 0 Å². The average Bonchev–Trinajstić information content (AvgIpc) is 2.91. The highest BCUT2D eigenvalue weighted by Gasteiger charge is 2.21. The van der Waals surface area contributed by atoms with E-state index in [2.05, 4.69) is 60.8 Å². The summed E-state index contributed by atoms with van der Waals surface area (Å²) in [7, 11) is 0. The topological polar surface area (TPSA) is 37.8 Å². The van der Waals surface area contributed by atoms with Crippen molar-refractivity contribution >= 4 is 11.5 Å². The van der Waals surface area contributed by atoms with Crippen molar-refractivity contribution in [1.82, 2.24) is 14.9 Å².